The number of nitrogens with one attached hydrogen (secondary N) is 1. The van der Waals surface area contributed by atoms with Crippen LogP contribution in [0, 0.1) is 6.92 Å². The maximum absolute atomic E-state index is 13.5. The second-order valence-electron chi connectivity index (χ2n) is 9.44. The van der Waals surface area contributed by atoms with Crippen LogP contribution in [0.5, 0.6) is 0 Å². The summed E-state index contributed by atoms with van der Waals surface area (Å²) in [6.07, 6.45) is 10.9. The third kappa shape index (κ3) is 4.41. The van der Waals surface area contributed by atoms with Crippen molar-refractivity contribution < 1.29 is 14.0 Å². The molecule has 0 radical (unpaired) electrons. The Balaban J connectivity index is 1.37. The lowest BCUT2D eigenvalue weighted by Crippen LogP contribution is -2.40. The third-order valence-corrected chi connectivity index (χ3v) is 7.10. The van der Waals surface area contributed by atoms with Crippen molar-refractivity contribution >= 4 is 22.8 Å². The first-order valence-corrected chi connectivity index (χ1v) is 12.2. The van der Waals surface area contributed by atoms with E-state index in [1.807, 2.05) is 34.9 Å². The number of rotatable bonds is 4. The molecule has 0 bridgehead atoms. The largest absolute Gasteiger partial charge is 0.464 e. The maximum atomic E-state index is 13.5. The molecule has 3 aromatic rings. The Morgan fingerprint density at radius 2 is 1.88 bits per heavy atom. The van der Waals surface area contributed by atoms with Crippen molar-refractivity contribution in [2.75, 3.05) is 19.6 Å². The minimum Gasteiger partial charge on any atom is -0.464 e. The summed E-state index contributed by atoms with van der Waals surface area (Å²) in [6.45, 7) is 4.31. The molecule has 7 heteroatoms. The Morgan fingerprint density at radius 3 is 2.70 bits per heavy atom. The van der Waals surface area contributed by atoms with E-state index in [2.05, 4.69) is 10.2 Å². The predicted octanol–water partition coefficient (Wildman–Crippen LogP) is 4.78. The van der Waals surface area contributed by atoms with E-state index in [9.17, 15) is 9.59 Å². The third-order valence-electron chi connectivity index (χ3n) is 7.10. The average molecular weight is 449 g/mol. The van der Waals surface area contributed by atoms with Gasteiger partial charge in [-0.15, -0.1) is 0 Å². The minimum absolute atomic E-state index is 0.0369. The number of carbonyl (C=O) groups excluding carboxylic acids is 2. The van der Waals surface area contributed by atoms with E-state index in [1.54, 1.807) is 12.5 Å². The Hall–Kier alpha value is -3.09. The molecule has 2 saturated heterocycles. The van der Waals surface area contributed by atoms with Crippen LogP contribution in [0.15, 0.2) is 35.1 Å². The summed E-state index contributed by atoms with van der Waals surface area (Å²) >= 11 is 0. The summed E-state index contributed by atoms with van der Waals surface area (Å²) in [5.41, 5.74) is 4.25. The number of carbonyl (C=O) groups is 2. The molecule has 1 atom stereocenters. The summed E-state index contributed by atoms with van der Waals surface area (Å²) in [4.78, 5) is 30.7. The highest BCUT2D eigenvalue weighted by Crippen LogP contribution is 2.33. The zero-order valence-corrected chi connectivity index (χ0v) is 19.3. The van der Waals surface area contributed by atoms with E-state index in [1.165, 1.54) is 12.8 Å². The zero-order chi connectivity index (χ0) is 22.8. The number of hydrogen-bond acceptors (Lipinski definition) is 4. The molecule has 0 aliphatic carbocycles. The molecule has 2 aromatic heterocycles. The van der Waals surface area contributed by atoms with Gasteiger partial charge in [0.15, 0.2) is 0 Å². The highest BCUT2D eigenvalue weighted by molar-refractivity contribution is 5.95. The van der Waals surface area contributed by atoms with Gasteiger partial charge in [0, 0.05) is 30.6 Å². The Kier molecular flexibility index (Phi) is 6.20. The number of fused-ring (bicyclic) bond motifs is 1. The van der Waals surface area contributed by atoms with E-state index >= 15 is 0 Å². The number of benzene rings is 1. The van der Waals surface area contributed by atoms with E-state index in [0.29, 0.717) is 12.1 Å². The number of piperidine rings is 1. The van der Waals surface area contributed by atoms with Gasteiger partial charge in [-0.25, -0.2) is 0 Å². The summed E-state index contributed by atoms with van der Waals surface area (Å²) in [6, 6.07) is 5.91. The summed E-state index contributed by atoms with van der Waals surface area (Å²) in [5, 5.41) is 8.30. The normalized spacial score (nSPS) is 19.6. The lowest BCUT2D eigenvalue weighted by Gasteiger charge is -2.36. The van der Waals surface area contributed by atoms with Gasteiger partial charge in [0.2, 0.25) is 5.91 Å². The van der Waals surface area contributed by atoms with Crippen molar-refractivity contribution in [2.45, 2.75) is 64.3 Å². The number of aryl methyl sites for hydroxylation is 1. The van der Waals surface area contributed by atoms with Crippen molar-refractivity contribution in [3.63, 3.8) is 0 Å². The van der Waals surface area contributed by atoms with Gasteiger partial charge in [-0.2, -0.15) is 5.10 Å². The van der Waals surface area contributed by atoms with Gasteiger partial charge in [0.1, 0.15) is 5.58 Å². The molecule has 1 aromatic carbocycles. The fraction of sp³-hybridized carbons (Fsp3) is 0.500. The van der Waals surface area contributed by atoms with Gasteiger partial charge in [0.05, 0.1) is 36.2 Å². The molecule has 4 heterocycles. The van der Waals surface area contributed by atoms with E-state index in [0.717, 1.165) is 73.0 Å². The standard InChI is InChI=1S/C26H32N4O3/c1-18-9-10-20-19(17-33-23(20)14-18)15-24(31)30-13-7-4-8-22(30)25-21(16-27-28-25)26(32)29-11-5-2-3-6-12-29/h9-10,14,16-17,22H,2-8,11-13,15H2,1H3,(H,27,28)/t22-/m0/s1. The van der Waals surface area contributed by atoms with Crippen molar-refractivity contribution in [2.24, 2.45) is 0 Å². The van der Waals surface area contributed by atoms with E-state index < -0.39 is 0 Å². The molecular formula is C26H32N4O3. The molecular weight excluding hydrogens is 416 g/mol. The average Bonchev–Trinajstić information content (AvgIpc) is 3.37. The summed E-state index contributed by atoms with van der Waals surface area (Å²) in [5.74, 6) is 0.0977. The van der Waals surface area contributed by atoms with Crippen LogP contribution in [0.2, 0.25) is 0 Å². The van der Waals surface area contributed by atoms with Crippen LogP contribution < -0.4 is 0 Å². The molecule has 0 unspecified atom stereocenters. The number of furan rings is 1. The molecule has 2 aliphatic heterocycles. The van der Waals surface area contributed by atoms with Gasteiger partial charge >= 0.3 is 0 Å². The van der Waals surface area contributed by atoms with Gasteiger partial charge in [0.25, 0.3) is 5.91 Å². The fourth-order valence-electron chi connectivity index (χ4n) is 5.29. The topological polar surface area (TPSA) is 82.4 Å². The first-order chi connectivity index (χ1) is 16.1. The highest BCUT2D eigenvalue weighted by atomic mass is 16.3. The molecule has 0 spiro atoms. The Bertz CT molecular complexity index is 1140. The summed E-state index contributed by atoms with van der Waals surface area (Å²) < 4.78 is 5.71. The van der Waals surface area contributed by atoms with Crippen molar-refractivity contribution in [3.05, 3.63) is 53.0 Å². The zero-order valence-electron chi connectivity index (χ0n) is 19.3. The number of amides is 2. The molecule has 33 heavy (non-hydrogen) atoms. The van der Waals surface area contributed by atoms with Gasteiger partial charge in [-0.1, -0.05) is 25.0 Å². The minimum atomic E-state index is -0.153. The number of likely N-dealkylation sites (tertiary alicyclic amines) is 2. The second-order valence-corrected chi connectivity index (χ2v) is 9.44. The van der Waals surface area contributed by atoms with Gasteiger partial charge < -0.3 is 14.2 Å². The van der Waals surface area contributed by atoms with Crippen LogP contribution in [0.25, 0.3) is 11.0 Å². The first-order valence-electron chi connectivity index (χ1n) is 12.2. The van der Waals surface area contributed by atoms with Crippen LogP contribution in [-0.2, 0) is 11.2 Å². The number of nitrogens with zero attached hydrogens (tertiary/aromatic N) is 3. The van der Waals surface area contributed by atoms with Crippen LogP contribution in [0.4, 0.5) is 0 Å². The molecule has 5 rings (SSSR count). The SMILES string of the molecule is Cc1ccc2c(CC(=O)N3CCCC[C@H]3c3[nH]ncc3C(=O)N3CCCCCC3)coc2c1. The van der Waals surface area contributed by atoms with E-state index in [4.69, 9.17) is 4.42 Å². The Morgan fingerprint density at radius 1 is 1.09 bits per heavy atom. The molecule has 0 saturated carbocycles. The van der Waals surface area contributed by atoms with Crippen LogP contribution >= 0.6 is 0 Å². The van der Waals surface area contributed by atoms with E-state index in [-0.39, 0.29) is 24.3 Å². The number of aromatic nitrogens is 2. The number of hydrogen-bond donors (Lipinski definition) is 1. The fourth-order valence-corrected chi connectivity index (χ4v) is 5.29. The molecule has 2 fully saturated rings. The monoisotopic (exact) mass is 448 g/mol. The van der Waals surface area contributed by atoms with Crippen LogP contribution in [-0.4, -0.2) is 51.4 Å². The highest BCUT2D eigenvalue weighted by Gasteiger charge is 2.33. The van der Waals surface area contributed by atoms with Crippen LogP contribution in [0.3, 0.4) is 0 Å². The van der Waals surface area contributed by atoms with Crippen molar-refractivity contribution in [3.8, 4) is 0 Å². The predicted molar refractivity (Wildman–Crippen MR) is 126 cm³/mol. The number of aromatic amines is 1. The smallest absolute Gasteiger partial charge is 0.257 e. The van der Waals surface area contributed by atoms with Crippen molar-refractivity contribution in [1.29, 1.82) is 0 Å². The Labute approximate surface area is 194 Å². The molecule has 174 valence electrons. The van der Waals surface area contributed by atoms with Crippen molar-refractivity contribution in [1.82, 2.24) is 20.0 Å². The molecule has 7 nitrogen and oxygen atoms in total. The molecule has 1 N–H and O–H groups in total. The van der Waals surface area contributed by atoms with Gasteiger partial charge in [-0.3, -0.25) is 14.7 Å². The lowest BCUT2D eigenvalue weighted by molar-refractivity contribution is -0.134. The van der Waals surface area contributed by atoms with Crippen LogP contribution in [0.1, 0.15) is 78.2 Å². The molecule has 2 aliphatic rings. The van der Waals surface area contributed by atoms with Gasteiger partial charge in [-0.05, 0) is 50.7 Å². The first kappa shape index (κ1) is 21.7. The maximum Gasteiger partial charge on any atom is 0.257 e. The number of H-pyrrole nitrogens is 1. The second kappa shape index (κ2) is 9.41. The summed E-state index contributed by atoms with van der Waals surface area (Å²) in [7, 11) is 0. The quantitative estimate of drug-likeness (QED) is 0.623. The lowest BCUT2D eigenvalue weighted by atomic mass is 9.95. The molecule has 2 amide bonds.